The van der Waals surface area contributed by atoms with E-state index in [9.17, 15) is 9.18 Å². The number of halogens is 2. The van der Waals surface area contributed by atoms with Crippen LogP contribution in [0.15, 0.2) is 22.7 Å². The van der Waals surface area contributed by atoms with Gasteiger partial charge in [0.25, 0.3) is 0 Å². The van der Waals surface area contributed by atoms with Gasteiger partial charge in [0.2, 0.25) is 5.76 Å². The van der Waals surface area contributed by atoms with Crippen LogP contribution in [0.2, 0.25) is 5.02 Å². The van der Waals surface area contributed by atoms with Crippen LogP contribution in [0, 0.1) is 5.82 Å². The summed E-state index contributed by atoms with van der Waals surface area (Å²) in [7, 11) is 0. The minimum atomic E-state index is -1.31. The highest BCUT2D eigenvalue weighted by Gasteiger charge is 2.18. The third-order valence-corrected chi connectivity index (χ3v) is 2.42. The second-order valence-electron chi connectivity index (χ2n) is 3.14. The van der Waals surface area contributed by atoms with Crippen LogP contribution in [0.25, 0.3) is 11.3 Å². The number of aromatic nitrogens is 1. The maximum absolute atomic E-state index is 13.6. The zero-order valence-electron chi connectivity index (χ0n) is 8.15. The predicted molar refractivity (Wildman–Crippen MR) is 55.5 cm³/mol. The number of benzene rings is 1. The van der Waals surface area contributed by atoms with Crippen molar-refractivity contribution in [1.82, 2.24) is 5.16 Å². The quantitative estimate of drug-likeness (QED) is 0.864. The molecule has 0 atom stereocenters. The van der Waals surface area contributed by atoms with Gasteiger partial charge >= 0.3 is 5.97 Å². The minimum absolute atomic E-state index is 0.0122. The lowest BCUT2D eigenvalue weighted by Gasteiger charge is -2.02. The van der Waals surface area contributed by atoms with Crippen molar-refractivity contribution in [2.45, 2.75) is 0 Å². The maximum Gasteiger partial charge on any atom is 0.374 e. The summed E-state index contributed by atoms with van der Waals surface area (Å²) in [5.74, 6) is -3.02. The van der Waals surface area contributed by atoms with E-state index in [0.717, 1.165) is 6.07 Å². The van der Waals surface area contributed by atoms with Crippen molar-refractivity contribution in [2.75, 3.05) is 0 Å². The number of carbonyl (C=O) groups is 1. The number of phenolic OH excluding ortho intramolecular Hbond substituents is 1. The molecule has 17 heavy (non-hydrogen) atoms. The molecule has 2 rings (SSSR count). The molecule has 0 fully saturated rings. The van der Waals surface area contributed by atoms with Crippen molar-refractivity contribution in [1.29, 1.82) is 0 Å². The zero-order valence-corrected chi connectivity index (χ0v) is 8.90. The van der Waals surface area contributed by atoms with Crippen LogP contribution >= 0.6 is 11.6 Å². The third-order valence-electron chi connectivity index (χ3n) is 2.06. The van der Waals surface area contributed by atoms with Crippen LogP contribution < -0.4 is 0 Å². The lowest BCUT2D eigenvalue weighted by atomic mass is 10.1. The van der Waals surface area contributed by atoms with Gasteiger partial charge in [0, 0.05) is 11.6 Å². The molecule has 0 amide bonds. The van der Waals surface area contributed by atoms with E-state index in [4.69, 9.17) is 21.8 Å². The van der Waals surface area contributed by atoms with Crippen molar-refractivity contribution in [3.8, 4) is 17.0 Å². The molecule has 1 heterocycles. The first kappa shape index (κ1) is 11.4. The van der Waals surface area contributed by atoms with Gasteiger partial charge in [-0.3, -0.25) is 0 Å². The highest BCUT2D eigenvalue weighted by Crippen LogP contribution is 2.33. The fraction of sp³-hybridized carbons (Fsp3) is 0. The molecule has 1 aromatic heterocycles. The maximum atomic E-state index is 13.6. The Bertz CT molecular complexity index is 596. The lowest BCUT2D eigenvalue weighted by molar-refractivity contribution is 0.0652. The van der Waals surface area contributed by atoms with E-state index in [0.29, 0.717) is 0 Å². The molecule has 0 radical (unpaired) electrons. The van der Waals surface area contributed by atoms with E-state index >= 15 is 0 Å². The Kier molecular flexibility index (Phi) is 2.72. The molecule has 0 aliphatic rings. The molecule has 0 aliphatic carbocycles. The fourth-order valence-corrected chi connectivity index (χ4v) is 1.40. The van der Waals surface area contributed by atoms with E-state index in [1.807, 2.05) is 0 Å². The summed E-state index contributed by atoms with van der Waals surface area (Å²) >= 11 is 5.50. The molecule has 0 unspecified atom stereocenters. The van der Waals surface area contributed by atoms with Crippen LogP contribution in [0.1, 0.15) is 10.6 Å². The van der Waals surface area contributed by atoms with Gasteiger partial charge in [-0.25, -0.2) is 9.18 Å². The van der Waals surface area contributed by atoms with Crippen LogP contribution in [0.4, 0.5) is 4.39 Å². The van der Waals surface area contributed by atoms with Gasteiger partial charge in [-0.15, -0.1) is 0 Å². The number of hydrogen-bond donors (Lipinski definition) is 2. The van der Waals surface area contributed by atoms with Crippen molar-refractivity contribution in [3.05, 3.63) is 34.8 Å². The third kappa shape index (κ3) is 1.94. The molecule has 0 spiro atoms. The van der Waals surface area contributed by atoms with Gasteiger partial charge in [0.1, 0.15) is 16.5 Å². The normalized spacial score (nSPS) is 10.5. The van der Waals surface area contributed by atoms with E-state index in [-0.39, 0.29) is 11.3 Å². The molecule has 0 bridgehead atoms. The van der Waals surface area contributed by atoms with Gasteiger partial charge in [-0.05, 0) is 12.1 Å². The molecular weight excluding hydrogens is 253 g/mol. The van der Waals surface area contributed by atoms with Crippen molar-refractivity contribution >= 4 is 17.6 Å². The summed E-state index contributed by atoms with van der Waals surface area (Å²) in [6.45, 7) is 0. The van der Waals surface area contributed by atoms with E-state index < -0.39 is 28.3 Å². The van der Waals surface area contributed by atoms with Crippen LogP contribution in [-0.2, 0) is 0 Å². The average Bonchev–Trinajstić information content (AvgIpc) is 2.75. The second kappa shape index (κ2) is 4.06. The Balaban J connectivity index is 2.53. The van der Waals surface area contributed by atoms with Gasteiger partial charge < -0.3 is 14.7 Å². The smallest absolute Gasteiger partial charge is 0.374 e. The Hall–Kier alpha value is -2.08. The SMILES string of the molecule is O=C(O)c1cc(-c2ccc(O)c(Cl)c2F)no1. The number of hydrogen-bond acceptors (Lipinski definition) is 4. The highest BCUT2D eigenvalue weighted by atomic mass is 35.5. The Morgan fingerprint density at radius 3 is 2.76 bits per heavy atom. The first-order valence-electron chi connectivity index (χ1n) is 4.38. The minimum Gasteiger partial charge on any atom is -0.506 e. The summed E-state index contributed by atoms with van der Waals surface area (Å²) in [6.07, 6.45) is 0. The molecule has 1 aromatic carbocycles. The number of rotatable bonds is 2. The lowest BCUT2D eigenvalue weighted by Crippen LogP contribution is -1.91. The van der Waals surface area contributed by atoms with Crippen LogP contribution in [0.3, 0.4) is 0 Å². The van der Waals surface area contributed by atoms with Gasteiger partial charge in [0.15, 0.2) is 5.82 Å². The molecule has 5 nitrogen and oxygen atoms in total. The largest absolute Gasteiger partial charge is 0.506 e. The Labute approximate surface area is 99.0 Å². The summed E-state index contributed by atoms with van der Waals surface area (Å²) in [4.78, 5) is 10.6. The number of phenols is 1. The van der Waals surface area contributed by atoms with E-state index in [1.165, 1.54) is 12.1 Å². The zero-order chi connectivity index (χ0) is 12.6. The summed E-state index contributed by atoms with van der Waals surface area (Å²) in [6, 6.07) is 3.46. The first-order chi connectivity index (χ1) is 8.00. The topological polar surface area (TPSA) is 83.6 Å². The molecule has 2 N–H and O–H groups in total. The van der Waals surface area contributed by atoms with Gasteiger partial charge in [0.05, 0.1) is 0 Å². The van der Waals surface area contributed by atoms with Crippen molar-refractivity contribution in [3.63, 3.8) is 0 Å². The van der Waals surface area contributed by atoms with Crippen molar-refractivity contribution < 1.29 is 23.9 Å². The molecule has 7 heteroatoms. The van der Waals surface area contributed by atoms with Gasteiger partial charge in [-0.2, -0.15) is 0 Å². The van der Waals surface area contributed by atoms with Gasteiger partial charge in [-0.1, -0.05) is 16.8 Å². The van der Waals surface area contributed by atoms with E-state index in [1.54, 1.807) is 0 Å². The molecule has 2 aromatic rings. The molecule has 88 valence electrons. The summed E-state index contributed by atoms with van der Waals surface area (Å²) in [5, 5.41) is 20.7. The average molecular weight is 258 g/mol. The number of carboxylic acids is 1. The standard InChI is InChI=1S/C10H5ClFNO4/c11-8-6(14)2-1-4(9(8)12)5-3-7(10(15)16)17-13-5/h1-3,14H,(H,15,16). The predicted octanol–water partition coefficient (Wildman–Crippen LogP) is 2.54. The van der Waals surface area contributed by atoms with Crippen molar-refractivity contribution in [2.24, 2.45) is 0 Å². The number of aromatic carboxylic acids is 1. The monoisotopic (exact) mass is 257 g/mol. The van der Waals surface area contributed by atoms with Crippen LogP contribution in [0.5, 0.6) is 5.75 Å². The molecule has 0 aliphatic heterocycles. The Morgan fingerprint density at radius 1 is 1.47 bits per heavy atom. The number of aromatic hydroxyl groups is 1. The Morgan fingerprint density at radius 2 is 2.18 bits per heavy atom. The summed E-state index contributed by atoms with van der Waals surface area (Å²) in [5.41, 5.74) is -0.0640. The number of nitrogens with zero attached hydrogens (tertiary/aromatic N) is 1. The fourth-order valence-electron chi connectivity index (χ4n) is 1.24. The van der Waals surface area contributed by atoms with E-state index in [2.05, 4.69) is 9.68 Å². The first-order valence-corrected chi connectivity index (χ1v) is 4.76. The summed E-state index contributed by atoms with van der Waals surface area (Å²) < 4.78 is 18.1. The number of carboxylic acid groups (broad SMARTS) is 1. The molecule has 0 saturated heterocycles. The highest BCUT2D eigenvalue weighted by molar-refractivity contribution is 6.32. The molecule has 0 saturated carbocycles. The molecular formula is C10H5ClFNO4. The second-order valence-corrected chi connectivity index (χ2v) is 3.52. The van der Waals surface area contributed by atoms with Crippen LogP contribution in [-0.4, -0.2) is 21.3 Å².